The van der Waals surface area contributed by atoms with Crippen LogP contribution in [-0.2, 0) is 0 Å². The average Bonchev–Trinajstić information content (AvgIpc) is 2.97. The quantitative estimate of drug-likeness (QED) is 0.845. The van der Waals surface area contributed by atoms with Crippen LogP contribution in [0.1, 0.15) is 52.0 Å². The summed E-state index contributed by atoms with van der Waals surface area (Å²) in [6.07, 6.45) is 6.93. The summed E-state index contributed by atoms with van der Waals surface area (Å²) in [5.74, 6) is 1.00. The van der Waals surface area contributed by atoms with Crippen molar-refractivity contribution in [3.05, 3.63) is 23.9 Å². The number of ether oxygens (including phenoxy) is 1. The number of fused-ring (bicyclic) bond motifs is 1. The van der Waals surface area contributed by atoms with E-state index < -0.39 is 0 Å². The smallest absolute Gasteiger partial charge is 0.123 e. The molecule has 0 spiro atoms. The molecular formula is C19H30ClN3O. The summed E-state index contributed by atoms with van der Waals surface area (Å²) >= 11 is 0. The van der Waals surface area contributed by atoms with Gasteiger partial charge in [-0.3, -0.25) is 5.10 Å². The number of hydrogen-bond donors (Lipinski definition) is 2. The van der Waals surface area contributed by atoms with Gasteiger partial charge in [-0.1, -0.05) is 20.8 Å². The lowest BCUT2D eigenvalue weighted by Crippen LogP contribution is -2.41. The first kappa shape index (κ1) is 19.1. The molecule has 1 aliphatic rings. The van der Waals surface area contributed by atoms with Crippen molar-refractivity contribution in [3.8, 4) is 5.75 Å². The lowest BCUT2D eigenvalue weighted by Gasteiger charge is -2.32. The largest absolute Gasteiger partial charge is 0.490 e. The molecule has 0 bridgehead atoms. The highest BCUT2D eigenvalue weighted by molar-refractivity contribution is 5.85. The monoisotopic (exact) mass is 351 g/mol. The lowest BCUT2D eigenvalue weighted by atomic mass is 9.90. The van der Waals surface area contributed by atoms with Crippen LogP contribution in [0.15, 0.2) is 18.3 Å². The van der Waals surface area contributed by atoms with Gasteiger partial charge in [-0.15, -0.1) is 12.4 Å². The first-order valence-electron chi connectivity index (χ1n) is 8.75. The standard InChI is InChI=1S/C19H29N3O.ClH/c1-13-16-11-21-22-17(16)8-9-18(13)23-15-7-5-6-14(10-15)20-12-19(2,3)4;/h8-9,11,14-15,20H,5-7,10,12H2,1-4H3,(H,21,22);1H. The number of aryl methyl sites for hydroxylation is 1. The van der Waals surface area contributed by atoms with Gasteiger partial charge in [-0.2, -0.15) is 5.10 Å². The molecule has 5 heteroatoms. The van der Waals surface area contributed by atoms with Crippen molar-refractivity contribution in [1.29, 1.82) is 0 Å². The Morgan fingerprint density at radius 2 is 2.08 bits per heavy atom. The number of hydrogen-bond acceptors (Lipinski definition) is 3. The van der Waals surface area contributed by atoms with Gasteiger partial charge in [0.2, 0.25) is 0 Å². The van der Waals surface area contributed by atoms with Crippen LogP contribution in [0.5, 0.6) is 5.75 Å². The Hall–Kier alpha value is -1.26. The molecule has 1 saturated carbocycles. The molecule has 1 aromatic carbocycles. The van der Waals surface area contributed by atoms with E-state index in [2.05, 4.69) is 55.3 Å². The molecule has 1 aromatic heterocycles. The number of nitrogens with zero attached hydrogens (tertiary/aromatic N) is 1. The summed E-state index contributed by atoms with van der Waals surface area (Å²) in [5, 5.41) is 12.0. The zero-order valence-electron chi connectivity index (χ0n) is 15.2. The van der Waals surface area contributed by atoms with Crippen LogP contribution >= 0.6 is 12.4 Å². The molecule has 2 aromatic rings. The summed E-state index contributed by atoms with van der Waals surface area (Å²) in [6.45, 7) is 10.0. The molecule has 3 rings (SSSR count). The molecule has 0 amide bonds. The molecule has 0 radical (unpaired) electrons. The highest BCUT2D eigenvalue weighted by atomic mass is 35.5. The molecule has 134 valence electrons. The Morgan fingerprint density at radius 3 is 2.83 bits per heavy atom. The predicted octanol–water partition coefficient (Wildman–Crippen LogP) is 4.62. The Bertz CT molecular complexity index is 662. The summed E-state index contributed by atoms with van der Waals surface area (Å²) < 4.78 is 6.34. The van der Waals surface area contributed by atoms with Gasteiger partial charge >= 0.3 is 0 Å². The van der Waals surface area contributed by atoms with E-state index in [9.17, 15) is 0 Å². The van der Waals surface area contributed by atoms with Gasteiger partial charge in [-0.25, -0.2) is 0 Å². The highest BCUT2D eigenvalue weighted by Gasteiger charge is 2.25. The van der Waals surface area contributed by atoms with Crippen molar-refractivity contribution in [2.75, 3.05) is 6.54 Å². The fourth-order valence-electron chi connectivity index (χ4n) is 3.33. The van der Waals surface area contributed by atoms with Gasteiger partial charge in [0.15, 0.2) is 0 Å². The third-order valence-corrected chi connectivity index (χ3v) is 4.68. The molecule has 2 N–H and O–H groups in total. The van der Waals surface area contributed by atoms with Gasteiger partial charge in [0.05, 0.1) is 11.7 Å². The van der Waals surface area contributed by atoms with E-state index in [1.54, 1.807) is 0 Å². The van der Waals surface area contributed by atoms with E-state index in [1.165, 1.54) is 18.4 Å². The molecule has 2 atom stereocenters. The third kappa shape index (κ3) is 4.64. The molecule has 0 aliphatic heterocycles. The van der Waals surface area contributed by atoms with Gasteiger partial charge in [0.1, 0.15) is 11.9 Å². The Morgan fingerprint density at radius 1 is 1.29 bits per heavy atom. The van der Waals surface area contributed by atoms with Crippen LogP contribution in [0.4, 0.5) is 0 Å². The second-order valence-corrected chi connectivity index (χ2v) is 8.06. The minimum absolute atomic E-state index is 0. The van der Waals surface area contributed by atoms with Crippen molar-refractivity contribution in [3.63, 3.8) is 0 Å². The zero-order chi connectivity index (χ0) is 16.4. The van der Waals surface area contributed by atoms with Crippen molar-refractivity contribution in [1.82, 2.24) is 15.5 Å². The maximum absolute atomic E-state index is 6.34. The number of rotatable bonds is 4. The van der Waals surface area contributed by atoms with Crippen molar-refractivity contribution >= 4 is 23.3 Å². The number of nitrogens with one attached hydrogen (secondary N) is 2. The van der Waals surface area contributed by atoms with Gasteiger partial charge < -0.3 is 10.1 Å². The second-order valence-electron chi connectivity index (χ2n) is 8.06. The van der Waals surface area contributed by atoms with E-state index in [1.807, 2.05) is 6.20 Å². The Balaban J connectivity index is 0.00000208. The maximum atomic E-state index is 6.34. The molecule has 1 heterocycles. The summed E-state index contributed by atoms with van der Waals surface area (Å²) in [6, 6.07) is 4.70. The van der Waals surface area contributed by atoms with Crippen LogP contribution in [0.25, 0.3) is 10.9 Å². The van der Waals surface area contributed by atoms with Crippen LogP contribution in [0.3, 0.4) is 0 Å². The lowest BCUT2D eigenvalue weighted by molar-refractivity contribution is 0.130. The summed E-state index contributed by atoms with van der Waals surface area (Å²) in [4.78, 5) is 0. The minimum Gasteiger partial charge on any atom is -0.490 e. The van der Waals surface area contributed by atoms with E-state index >= 15 is 0 Å². The minimum atomic E-state index is 0. The van der Waals surface area contributed by atoms with E-state index in [-0.39, 0.29) is 12.4 Å². The second kappa shape index (κ2) is 7.75. The summed E-state index contributed by atoms with van der Waals surface area (Å²) in [7, 11) is 0. The molecule has 2 unspecified atom stereocenters. The highest BCUT2D eigenvalue weighted by Crippen LogP contribution is 2.30. The molecule has 4 nitrogen and oxygen atoms in total. The Kier molecular flexibility index (Phi) is 6.16. The number of H-pyrrole nitrogens is 1. The first-order chi connectivity index (χ1) is 10.9. The summed E-state index contributed by atoms with van der Waals surface area (Å²) in [5.41, 5.74) is 2.58. The average molecular weight is 352 g/mol. The van der Waals surface area contributed by atoms with Crippen LogP contribution < -0.4 is 10.1 Å². The van der Waals surface area contributed by atoms with Crippen molar-refractivity contribution in [2.45, 2.75) is 65.5 Å². The molecule has 0 saturated heterocycles. The molecular weight excluding hydrogens is 322 g/mol. The van der Waals surface area contributed by atoms with Crippen LogP contribution in [0.2, 0.25) is 0 Å². The topological polar surface area (TPSA) is 49.9 Å². The van der Waals surface area contributed by atoms with Crippen LogP contribution in [0, 0.1) is 12.3 Å². The van der Waals surface area contributed by atoms with Gasteiger partial charge in [0, 0.05) is 23.5 Å². The molecule has 1 fully saturated rings. The van der Waals surface area contributed by atoms with Crippen molar-refractivity contribution < 1.29 is 4.74 Å². The fraction of sp³-hybridized carbons (Fsp3) is 0.632. The van der Waals surface area contributed by atoms with Gasteiger partial charge in [-0.05, 0) is 50.2 Å². The normalized spacial score (nSPS) is 21.5. The Labute approximate surface area is 151 Å². The number of benzene rings is 1. The number of aromatic nitrogens is 2. The zero-order valence-corrected chi connectivity index (χ0v) is 16.0. The third-order valence-electron chi connectivity index (χ3n) is 4.68. The van der Waals surface area contributed by atoms with E-state index in [4.69, 9.17) is 4.74 Å². The predicted molar refractivity (Wildman–Crippen MR) is 102 cm³/mol. The fourth-order valence-corrected chi connectivity index (χ4v) is 3.33. The maximum Gasteiger partial charge on any atom is 0.123 e. The van der Waals surface area contributed by atoms with E-state index in [0.29, 0.717) is 17.6 Å². The van der Waals surface area contributed by atoms with E-state index in [0.717, 1.165) is 36.0 Å². The number of aromatic amines is 1. The molecule has 1 aliphatic carbocycles. The van der Waals surface area contributed by atoms with Crippen molar-refractivity contribution in [2.24, 2.45) is 5.41 Å². The van der Waals surface area contributed by atoms with Gasteiger partial charge in [0.25, 0.3) is 0 Å². The van der Waals surface area contributed by atoms with Crippen LogP contribution in [-0.4, -0.2) is 28.9 Å². The SMILES string of the molecule is Cc1c(OC2CCCC(NCC(C)(C)C)C2)ccc2[nH]ncc12.Cl. The first-order valence-corrected chi connectivity index (χ1v) is 8.75. The molecule has 24 heavy (non-hydrogen) atoms. The number of halogens is 1.